The summed E-state index contributed by atoms with van der Waals surface area (Å²) in [6.07, 6.45) is 13.7. The third-order valence-electron chi connectivity index (χ3n) is 6.55. The van der Waals surface area contributed by atoms with Crippen LogP contribution in [0, 0.1) is 5.92 Å². The van der Waals surface area contributed by atoms with E-state index in [2.05, 4.69) is 39.7 Å². The molecule has 1 amide bonds. The van der Waals surface area contributed by atoms with Gasteiger partial charge in [0.1, 0.15) is 6.33 Å². The number of nitrogens with zero attached hydrogens (tertiary/aromatic N) is 4. The van der Waals surface area contributed by atoms with Gasteiger partial charge in [0.25, 0.3) is 5.91 Å². The monoisotopic (exact) mass is 483 g/mol. The second-order valence-corrected chi connectivity index (χ2v) is 8.80. The average molecular weight is 484 g/mol. The number of aromatic nitrogens is 4. The van der Waals surface area contributed by atoms with Crippen molar-refractivity contribution in [1.29, 1.82) is 0 Å². The van der Waals surface area contributed by atoms with Gasteiger partial charge in [-0.2, -0.15) is 5.10 Å². The van der Waals surface area contributed by atoms with Gasteiger partial charge in [0.05, 0.1) is 42.7 Å². The van der Waals surface area contributed by atoms with Crippen molar-refractivity contribution in [3.05, 3.63) is 90.0 Å². The van der Waals surface area contributed by atoms with E-state index < -0.39 is 0 Å². The number of methoxy groups -OCH3 is 2. The third-order valence-corrected chi connectivity index (χ3v) is 6.55. The van der Waals surface area contributed by atoms with Crippen molar-refractivity contribution in [1.82, 2.24) is 24.6 Å². The summed E-state index contributed by atoms with van der Waals surface area (Å²) in [5, 5.41) is 7.38. The van der Waals surface area contributed by atoms with Crippen molar-refractivity contribution in [3.63, 3.8) is 0 Å². The average Bonchev–Trinajstić information content (AvgIpc) is 3.50. The molecule has 0 saturated carbocycles. The largest absolute Gasteiger partial charge is 0.493 e. The van der Waals surface area contributed by atoms with Crippen LogP contribution in [0.1, 0.15) is 28.0 Å². The van der Waals surface area contributed by atoms with Crippen LogP contribution in [0.4, 0.5) is 0 Å². The Morgan fingerprint density at radius 3 is 2.61 bits per heavy atom. The first kappa shape index (κ1) is 23.4. The topological polar surface area (TPSA) is 83.2 Å². The van der Waals surface area contributed by atoms with Crippen molar-refractivity contribution in [2.45, 2.75) is 19.4 Å². The van der Waals surface area contributed by atoms with Crippen LogP contribution in [-0.4, -0.2) is 39.5 Å². The molecule has 184 valence electrons. The molecule has 4 aromatic rings. The highest BCUT2D eigenvalue weighted by Crippen LogP contribution is 2.32. The molecule has 2 aromatic heterocycles. The quantitative estimate of drug-likeness (QED) is 0.402. The summed E-state index contributed by atoms with van der Waals surface area (Å²) < 4.78 is 14.6. The van der Waals surface area contributed by atoms with Gasteiger partial charge >= 0.3 is 0 Å². The van der Waals surface area contributed by atoms with Crippen LogP contribution in [0.15, 0.2) is 73.2 Å². The standard InChI is InChI=1S/C28H29N5O3/c1-32-24(13-19-7-5-4-6-8-19)22(17-31-32)28(34)29-16-20-9-11-21(12-10-20)33-18-30-23-14-26(35-2)27(36-3)15-25(23)33/h4-7,9-12,14-15,17-19H,8,13,16H2,1-3H3,(H,29,34). The summed E-state index contributed by atoms with van der Waals surface area (Å²) >= 11 is 0. The zero-order valence-electron chi connectivity index (χ0n) is 20.6. The molecule has 5 rings (SSSR count). The molecule has 1 atom stereocenters. The number of carbonyl (C=O) groups excluding carboxylic acids is 1. The fourth-order valence-corrected chi connectivity index (χ4v) is 4.52. The molecule has 0 radical (unpaired) electrons. The van der Waals surface area contributed by atoms with E-state index >= 15 is 0 Å². The minimum Gasteiger partial charge on any atom is -0.493 e. The fourth-order valence-electron chi connectivity index (χ4n) is 4.52. The number of hydrogen-bond donors (Lipinski definition) is 1. The van der Waals surface area contributed by atoms with Gasteiger partial charge in [-0.25, -0.2) is 4.98 Å². The van der Waals surface area contributed by atoms with Gasteiger partial charge in [0.2, 0.25) is 0 Å². The molecule has 2 heterocycles. The number of fused-ring (bicyclic) bond motifs is 1. The van der Waals surface area contributed by atoms with Crippen LogP contribution >= 0.6 is 0 Å². The van der Waals surface area contributed by atoms with Gasteiger partial charge in [-0.15, -0.1) is 0 Å². The predicted molar refractivity (Wildman–Crippen MR) is 139 cm³/mol. The third kappa shape index (κ3) is 4.62. The molecule has 0 fully saturated rings. The fraction of sp³-hybridized carbons (Fsp3) is 0.250. The summed E-state index contributed by atoms with van der Waals surface area (Å²) in [6.45, 7) is 0.426. The van der Waals surface area contributed by atoms with Gasteiger partial charge in [-0.05, 0) is 36.5 Å². The Balaban J connectivity index is 1.28. The Bertz CT molecular complexity index is 1450. The highest BCUT2D eigenvalue weighted by Gasteiger charge is 2.19. The first-order valence-electron chi connectivity index (χ1n) is 11.9. The molecule has 0 saturated heterocycles. The van der Waals surface area contributed by atoms with Crippen LogP contribution in [0.5, 0.6) is 11.5 Å². The second-order valence-electron chi connectivity index (χ2n) is 8.80. The number of aryl methyl sites for hydroxylation is 1. The van der Waals surface area contributed by atoms with Crippen LogP contribution < -0.4 is 14.8 Å². The second kappa shape index (κ2) is 10.1. The minimum absolute atomic E-state index is 0.112. The first-order chi connectivity index (χ1) is 17.6. The van der Waals surface area contributed by atoms with Gasteiger partial charge in [-0.3, -0.25) is 14.0 Å². The number of nitrogens with one attached hydrogen (secondary N) is 1. The van der Waals surface area contributed by atoms with Crippen molar-refractivity contribution >= 4 is 16.9 Å². The Kier molecular flexibility index (Phi) is 6.58. The van der Waals surface area contributed by atoms with Gasteiger partial charge in [0, 0.05) is 31.4 Å². The van der Waals surface area contributed by atoms with Gasteiger partial charge in [-0.1, -0.05) is 36.4 Å². The molecule has 0 bridgehead atoms. The van der Waals surface area contributed by atoms with E-state index in [1.165, 1.54) is 0 Å². The van der Waals surface area contributed by atoms with E-state index in [0.717, 1.165) is 40.8 Å². The molecule has 0 spiro atoms. The maximum atomic E-state index is 13.0. The number of benzene rings is 2. The van der Waals surface area contributed by atoms with Crippen molar-refractivity contribution < 1.29 is 14.3 Å². The minimum atomic E-state index is -0.112. The molecule has 1 unspecified atom stereocenters. The highest BCUT2D eigenvalue weighted by molar-refractivity contribution is 5.95. The maximum absolute atomic E-state index is 13.0. The molecule has 8 nitrogen and oxygen atoms in total. The lowest BCUT2D eigenvalue weighted by molar-refractivity contribution is 0.0949. The molecule has 36 heavy (non-hydrogen) atoms. The SMILES string of the molecule is COc1cc2ncn(-c3ccc(CNC(=O)c4cnn(C)c4CC4C=CC=CC4)cc3)c2cc1OC. The Hall–Kier alpha value is -4.33. The summed E-state index contributed by atoms with van der Waals surface area (Å²) in [5.74, 6) is 1.56. The number of amides is 1. The number of hydrogen-bond acceptors (Lipinski definition) is 5. The predicted octanol–water partition coefficient (Wildman–Crippen LogP) is 4.38. The zero-order valence-corrected chi connectivity index (χ0v) is 20.6. The molecule has 1 aliphatic rings. The van der Waals surface area contributed by atoms with Gasteiger partial charge < -0.3 is 14.8 Å². The van der Waals surface area contributed by atoms with E-state index in [4.69, 9.17) is 9.47 Å². The molecular formula is C28H29N5O3. The number of rotatable bonds is 8. The molecule has 1 N–H and O–H groups in total. The lowest BCUT2D eigenvalue weighted by atomic mass is 9.94. The van der Waals surface area contributed by atoms with Crippen molar-refractivity contribution in [2.75, 3.05) is 14.2 Å². The normalized spacial score (nSPS) is 14.8. The lowest BCUT2D eigenvalue weighted by Gasteiger charge is -2.14. The summed E-state index contributed by atoms with van der Waals surface area (Å²) in [6, 6.07) is 11.8. The molecule has 8 heteroatoms. The van der Waals surface area contributed by atoms with E-state index in [9.17, 15) is 4.79 Å². The number of carbonyl (C=O) groups is 1. The maximum Gasteiger partial charge on any atom is 0.255 e. The van der Waals surface area contributed by atoms with E-state index in [1.54, 1.807) is 31.4 Å². The smallest absolute Gasteiger partial charge is 0.255 e. The van der Waals surface area contributed by atoms with E-state index in [0.29, 0.717) is 29.5 Å². The molecule has 1 aliphatic carbocycles. The summed E-state index contributed by atoms with van der Waals surface area (Å²) in [4.78, 5) is 17.5. The van der Waals surface area contributed by atoms with Gasteiger partial charge in [0.15, 0.2) is 11.5 Å². The molecular weight excluding hydrogens is 454 g/mol. The first-order valence-corrected chi connectivity index (χ1v) is 11.9. The number of allylic oxidation sites excluding steroid dienone is 4. The Labute approximate surface area is 209 Å². The lowest BCUT2D eigenvalue weighted by Crippen LogP contribution is -2.24. The summed E-state index contributed by atoms with van der Waals surface area (Å²) in [5.41, 5.74) is 5.28. The van der Waals surface area contributed by atoms with Crippen LogP contribution in [0.2, 0.25) is 0 Å². The van der Waals surface area contributed by atoms with Crippen LogP contribution in [-0.2, 0) is 20.0 Å². The highest BCUT2D eigenvalue weighted by atomic mass is 16.5. The van der Waals surface area contributed by atoms with Crippen LogP contribution in [0.25, 0.3) is 16.7 Å². The van der Waals surface area contributed by atoms with E-state index in [-0.39, 0.29) is 5.91 Å². The Morgan fingerprint density at radius 1 is 1.11 bits per heavy atom. The van der Waals surface area contributed by atoms with Crippen LogP contribution in [0.3, 0.4) is 0 Å². The molecule has 0 aliphatic heterocycles. The van der Waals surface area contributed by atoms with Crippen molar-refractivity contribution in [2.24, 2.45) is 13.0 Å². The summed E-state index contributed by atoms with van der Waals surface area (Å²) in [7, 11) is 5.12. The molecule has 2 aromatic carbocycles. The number of ether oxygens (including phenoxy) is 2. The number of imidazole rings is 1. The van der Waals surface area contributed by atoms with Crippen molar-refractivity contribution in [3.8, 4) is 17.2 Å². The Morgan fingerprint density at radius 2 is 1.89 bits per heavy atom. The van der Waals surface area contributed by atoms with E-state index in [1.807, 2.05) is 48.0 Å². The zero-order chi connectivity index (χ0) is 25.1.